The van der Waals surface area contributed by atoms with Gasteiger partial charge in [0.2, 0.25) is 11.9 Å². The van der Waals surface area contributed by atoms with Gasteiger partial charge in [0, 0.05) is 12.2 Å². The van der Waals surface area contributed by atoms with Gasteiger partial charge in [0.25, 0.3) is 11.7 Å². The van der Waals surface area contributed by atoms with Gasteiger partial charge in [-0.15, -0.1) is 0 Å². The van der Waals surface area contributed by atoms with Crippen molar-refractivity contribution < 1.29 is 39.0 Å². The highest BCUT2D eigenvalue weighted by atomic mass is 32.1. The molecule has 132 valence electrons. The molecule has 11 nitrogen and oxygen atoms in total. The molecule has 1 aliphatic rings. The molecule has 3 amide bonds. The number of Topliss-reactive ketones (excluding diaryl/α,β-unsaturated/α-hetero) is 1. The van der Waals surface area contributed by atoms with E-state index in [9.17, 15) is 28.8 Å². The number of imide groups is 1. The second-order valence-corrected chi connectivity index (χ2v) is 5.27. The van der Waals surface area contributed by atoms with Crippen molar-refractivity contribution in [2.45, 2.75) is 31.0 Å². The average molecular weight is 361 g/mol. The molecule has 3 unspecified atom stereocenters. The van der Waals surface area contributed by atoms with E-state index in [4.69, 9.17) is 15.9 Å². The number of carbonyl (C=O) groups excluding carboxylic acids is 4. The number of carbonyl (C=O) groups is 6. The summed E-state index contributed by atoms with van der Waals surface area (Å²) in [6, 6.07) is -4.52. The summed E-state index contributed by atoms with van der Waals surface area (Å²) in [7, 11) is 0. The molecule has 24 heavy (non-hydrogen) atoms. The maximum atomic E-state index is 12.1. The summed E-state index contributed by atoms with van der Waals surface area (Å²) in [5.41, 5.74) is 5.23. The molecule has 12 heteroatoms. The lowest BCUT2D eigenvalue weighted by Crippen LogP contribution is -2.70. The monoisotopic (exact) mass is 361 g/mol. The standard InChI is InChI=1S/C12H15N3O8S/c13-4(11(20)21)1-2-6(16)14-5(3-24)9(18)15-7(12(22)23)8(17)10(15)19/h4-5,7,24H,1-3,13H2,(H,14,16)(H,20,21)(H,22,23). The number of nitrogens with one attached hydrogen (secondary N) is 1. The lowest BCUT2D eigenvalue weighted by Gasteiger charge is -2.35. The van der Waals surface area contributed by atoms with Crippen molar-refractivity contribution in [3.8, 4) is 0 Å². The third-order valence-electron chi connectivity index (χ3n) is 3.22. The van der Waals surface area contributed by atoms with Gasteiger partial charge in [0.05, 0.1) is 0 Å². The summed E-state index contributed by atoms with van der Waals surface area (Å²) in [6.07, 6.45) is -0.492. The number of hydrogen-bond acceptors (Lipinski definition) is 8. The van der Waals surface area contributed by atoms with Crippen LogP contribution >= 0.6 is 12.6 Å². The Morgan fingerprint density at radius 1 is 1.25 bits per heavy atom. The number of nitrogens with two attached hydrogens (primary N) is 1. The number of β-lactam (4-membered cyclic amide) rings is 1. The zero-order chi connectivity index (χ0) is 18.6. The first-order chi connectivity index (χ1) is 11.1. The van der Waals surface area contributed by atoms with Crippen LogP contribution in [-0.4, -0.2) is 74.4 Å². The summed E-state index contributed by atoms with van der Waals surface area (Å²) in [4.78, 5) is 68.1. The Balaban J connectivity index is 2.69. The number of thiol groups is 1. The van der Waals surface area contributed by atoms with E-state index >= 15 is 0 Å². The summed E-state index contributed by atoms with van der Waals surface area (Å²) in [5.74, 6) is -7.54. The highest BCUT2D eigenvalue weighted by Crippen LogP contribution is 2.17. The molecule has 1 rings (SSSR count). The smallest absolute Gasteiger partial charge is 0.335 e. The number of rotatable bonds is 8. The van der Waals surface area contributed by atoms with Gasteiger partial charge in [-0.2, -0.15) is 12.6 Å². The van der Waals surface area contributed by atoms with Crippen LogP contribution in [0, 0.1) is 0 Å². The van der Waals surface area contributed by atoms with Crippen LogP contribution in [0.1, 0.15) is 12.8 Å². The van der Waals surface area contributed by atoms with E-state index in [0.29, 0.717) is 0 Å². The van der Waals surface area contributed by atoms with Crippen LogP contribution in [-0.2, 0) is 28.8 Å². The van der Waals surface area contributed by atoms with Crippen molar-refractivity contribution in [1.29, 1.82) is 0 Å². The largest absolute Gasteiger partial charge is 0.480 e. The fraction of sp³-hybridized carbons (Fsp3) is 0.500. The lowest BCUT2D eigenvalue weighted by molar-refractivity contribution is -0.175. The number of likely N-dealkylation sites (tertiary alicyclic amines) is 1. The lowest BCUT2D eigenvalue weighted by atomic mass is 9.99. The SMILES string of the molecule is NC(CCC(=O)NC(CS)C(=O)N1C(=O)C(=O)C1C(=O)O)C(=O)O. The molecule has 5 N–H and O–H groups in total. The van der Waals surface area contributed by atoms with Crippen LogP contribution in [0.4, 0.5) is 0 Å². The molecule has 1 fully saturated rings. The molecule has 1 heterocycles. The minimum absolute atomic E-state index is 0.187. The van der Waals surface area contributed by atoms with Crippen LogP contribution < -0.4 is 11.1 Å². The van der Waals surface area contributed by atoms with Crippen LogP contribution in [0.25, 0.3) is 0 Å². The van der Waals surface area contributed by atoms with Crippen LogP contribution in [0.15, 0.2) is 0 Å². The number of carboxylic acid groups (broad SMARTS) is 2. The minimum atomic E-state index is -1.91. The Kier molecular flexibility index (Phi) is 6.42. The van der Waals surface area contributed by atoms with Crippen molar-refractivity contribution >= 4 is 48.1 Å². The predicted octanol–water partition coefficient (Wildman–Crippen LogP) is -3.02. The van der Waals surface area contributed by atoms with E-state index in [1.807, 2.05) is 0 Å². The Hall–Kier alpha value is -2.47. The third kappa shape index (κ3) is 4.08. The van der Waals surface area contributed by atoms with Gasteiger partial charge >= 0.3 is 17.8 Å². The van der Waals surface area contributed by atoms with Gasteiger partial charge < -0.3 is 21.3 Å². The second-order valence-electron chi connectivity index (χ2n) is 4.90. The van der Waals surface area contributed by atoms with Crippen LogP contribution in [0.5, 0.6) is 0 Å². The minimum Gasteiger partial charge on any atom is -0.480 e. The summed E-state index contributed by atoms with van der Waals surface area (Å²) >= 11 is 3.84. The van der Waals surface area contributed by atoms with Crippen molar-refractivity contribution in [1.82, 2.24) is 10.2 Å². The number of hydrogen-bond donors (Lipinski definition) is 5. The Morgan fingerprint density at radius 3 is 2.29 bits per heavy atom. The molecule has 0 aromatic carbocycles. The molecule has 3 atom stereocenters. The molecule has 0 radical (unpaired) electrons. The molecular weight excluding hydrogens is 346 g/mol. The van der Waals surface area contributed by atoms with Gasteiger partial charge in [-0.05, 0) is 6.42 Å². The molecule has 0 saturated carbocycles. The first kappa shape index (κ1) is 19.6. The number of amides is 3. The number of carboxylic acids is 2. The van der Waals surface area contributed by atoms with E-state index < -0.39 is 53.6 Å². The molecule has 0 bridgehead atoms. The first-order valence-corrected chi connectivity index (χ1v) is 7.27. The van der Waals surface area contributed by atoms with Crippen molar-refractivity contribution in [3.05, 3.63) is 0 Å². The van der Waals surface area contributed by atoms with Gasteiger partial charge in [-0.1, -0.05) is 0 Å². The maximum Gasteiger partial charge on any atom is 0.335 e. The highest BCUT2D eigenvalue weighted by molar-refractivity contribution is 7.80. The molecule has 0 aromatic rings. The molecule has 0 aromatic heterocycles. The van der Waals surface area contributed by atoms with Gasteiger partial charge in [-0.3, -0.25) is 28.9 Å². The molecule has 0 spiro atoms. The quantitative estimate of drug-likeness (QED) is 0.130. The number of ketones is 1. The average Bonchev–Trinajstić information content (AvgIpc) is 2.52. The third-order valence-corrected chi connectivity index (χ3v) is 3.59. The van der Waals surface area contributed by atoms with Gasteiger partial charge in [0.15, 0.2) is 0 Å². The number of nitrogens with zero attached hydrogens (tertiary/aromatic N) is 1. The Morgan fingerprint density at radius 2 is 1.83 bits per heavy atom. The van der Waals surface area contributed by atoms with E-state index in [1.54, 1.807) is 0 Å². The van der Waals surface area contributed by atoms with E-state index in [0.717, 1.165) is 0 Å². The fourth-order valence-corrected chi connectivity index (χ4v) is 2.13. The Bertz CT molecular complexity index is 607. The predicted molar refractivity (Wildman–Crippen MR) is 78.9 cm³/mol. The van der Waals surface area contributed by atoms with Crippen molar-refractivity contribution in [3.63, 3.8) is 0 Å². The van der Waals surface area contributed by atoms with Crippen molar-refractivity contribution in [2.75, 3.05) is 5.75 Å². The van der Waals surface area contributed by atoms with Crippen molar-refractivity contribution in [2.24, 2.45) is 5.73 Å². The van der Waals surface area contributed by atoms with Crippen LogP contribution in [0.2, 0.25) is 0 Å². The van der Waals surface area contributed by atoms with E-state index in [1.165, 1.54) is 0 Å². The normalized spacial score (nSPS) is 19.2. The molecule has 0 aliphatic carbocycles. The fourth-order valence-electron chi connectivity index (χ4n) is 1.88. The van der Waals surface area contributed by atoms with Gasteiger partial charge in [0.1, 0.15) is 12.1 Å². The topological polar surface area (TPSA) is 184 Å². The zero-order valence-electron chi connectivity index (χ0n) is 12.2. The molecular formula is C12H15N3O8S. The zero-order valence-corrected chi connectivity index (χ0v) is 13.1. The van der Waals surface area contributed by atoms with E-state index in [2.05, 4.69) is 17.9 Å². The highest BCUT2D eigenvalue weighted by Gasteiger charge is 2.55. The second kappa shape index (κ2) is 7.88. The first-order valence-electron chi connectivity index (χ1n) is 6.64. The van der Waals surface area contributed by atoms with E-state index in [-0.39, 0.29) is 23.5 Å². The maximum absolute atomic E-state index is 12.1. The molecule has 1 saturated heterocycles. The summed E-state index contributed by atoms with van der Waals surface area (Å²) in [6.45, 7) is 0. The number of aliphatic carboxylic acids is 2. The summed E-state index contributed by atoms with van der Waals surface area (Å²) in [5, 5.41) is 19.6. The van der Waals surface area contributed by atoms with Gasteiger partial charge in [-0.25, -0.2) is 4.79 Å². The molecule has 1 aliphatic heterocycles. The Labute approximate surface area is 140 Å². The van der Waals surface area contributed by atoms with Crippen LogP contribution in [0.3, 0.4) is 0 Å². The summed E-state index contributed by atoms with van der Waals surface area (Å²) < 4.78 is 0.